The number of carbonyl (C=O) groups is 2. The lowest BCUT2D eigenvalue weighted by molar-refractivity contribution is -0.147. The smallest absolute Gasteiger partial charge is 0.346 e. The number of hydrogen-bond donors (Lipinski definition) is 2. The highest BCUT2D eigenvalue weighted by Crippen LogP contribution is 2.35. The molecule has 0 bridgehead atoms. The third-order valence-electron chi connectivity index (χ3n) is 3.96. The second-order valence-corrected chi connectivity index (χ2v) is 5.80. The summed E-state index contributed by atoms with van der Waals surface area (Å²) in [7, 11) is 0. The molecule has 0 fully saturated rings. The number of rotatable bonds is 4. The highest BCUT2D eigenvalue weighted by Gasteiger charge is 2.40. The maximum absolute atomic E-state index is 14.9. The number of carboxylic acids is 1. The van der Waals surface area contributed by atoms with Crippen LogP contribution >= 0.6 is 0 Å². The van der Waals surface area contributed by atoms with Crippen molar-refractivity contribution in [1.29, 1.82) is 0 Å². The minimum absolute atomic E-state index is 0.129. The zero-order chi connectivity index (χ0) is 17.9. The summed E-state index contributed by atoms with van der Waals surface area (Å²) in [5.74, 6) is -2.01. The van der Waals surface area contributed by atoms with Crippen LogP contribution in [0, 0.1) is 0 Å². The number of alkyl halides is 1. The molecule has 126 valence electrons. The van der Waals surface area contributed by atoms with Crippen LogP contribution in [-0.2, 0) is 4.79 Å². The number of amides is 1. The van der Waals surface area contributed by atoms with Crippen molar-refractivity contribution in [3.63, 3.8) is 0 Å². The molecule has 1 aliphatic rings. The number of carbonyl (C=O) groups excluding carboxylic acids is 1. The summed E-state index contributed by atoms with van der Waals surface area (Å²) in [6.07, 6.45) is 2.26. The zero-order valence-corrected chi connectivity index (χ0v) is 13.3. The van der Waals surface area contributed by atoms with Gasteiger partial charge in [-0.1, -0.05) is 48.5 Å². The van der Waals surface area contributed by atoms with E-state index in [0.717, 1.165) is 6.08 Å². The Balaban J connectivity index is 1.94. The van der Waals surface area contributed by atoms with Crippen molar-refractivity contribution >= 4 is 17.4 Å². The third kappa shape index (κ3) is 3.66. The van der Waals surface area contributed by atoms with E-state index >= 15 is 0 Å². The van der Waals surface area contributed by atoms with Crippen molar-refractivity contribution < 1.29 is 19.1 Å². The first-order valence-electron chi connectivity index (χ1n) is 7.75. The highest BCUT2D eigenvalue weighted by atomic mass is 19.1. The van der Waals surface area contributed by atoms with Crippen LogP contribution in [0.5, 0.6) is 0 Å². The number of allylic oxidation sites excluding steroid dienone is 2. The molecule has 0 saturated heterocycles. The molecule has 2 aromatic rings. The molecule has 25 heavy (non-hydrogen) atoms. The van der Waals surface area contributed by atoms with Crippen molar-refractivity contribution in [2.24, 2.45) is 0 Å². The zero-order valence-electron chi connectivity index (χ0n) is 13.3. The van der Waals surface area contributed by atoms with Crippen LogP contribution in [0.15, 0.2) is 78.5 Å². The van der Waals surface area contributed by atoms with E-state index in [-0.39, 0.29) is 12.1 Å². The van der Waals surface area contributed by atoms with E-state index in [1.165, 1.54) is 0 Å². The maximum Gasteiger partial charge on any atom is 0.346 e. The Morgan fingerprint density at radius 2 is 1.60 bits per heavy atom. The first-order valence-corrected chi connectivity index (χ1v) is 7.75. The van der Waals surface area contributed by atoms with E-state index in [9.17, 15) is 19.1 Å². The second-order valence-electron chi connectivity index (χ2n) is 5.80. The van der Waals surface area contributed by atoms with Crippen molar-refractivity contribution in [1.82, 2.24) is 5.32 Å². The van der Waals surface area contributed by atoms with E-state index in [0.29, 0.717) is 16.7 Å². The lowest BCUT2D eigenvalue weighted by atomic mass is 9.86. The molecule has 0 aliphatic heterocycles. The maximum atomic E-state index is 14.9. The van der Waals surface area contributed by atoms with E-state index in [2.05, 4.69) is 5.32 Å². The summed E-state index contributed by atoms with van der Waals surface area (Å²) in [5.41, 5.74) is -0.812. The summed E-state index contributed by atoms with van der Waals surface area (Å²) in [6, 6.07) is 17.4. The molecule has 1 atom stereocenters. The Kier molecular flexibility index (Phi) is 4.48. The van der Waals surface area contributed by atoms with Gasteiger partial charge in [0.2, 0.25) is 5.67 Å². The molecule has 0 radical (unpaired) electrons. The Morgan fingerprint density at radius 1 is 1.00 bits per heavy atom. The average molecular weight is 337 g/mol. The number of halogens is 1. The van der Waals surface area contributed by atoms with Crippen LogP contribution in [-0.4, -0.2) is 22.7 Å². The van der Waals surface area contributed by atoms with Gasteiger partial charge in [-0.3, -0.25) is 4.79 Å². The SMILES string of the molecule is O=C(NC1=CC(F)(C(=O)O)CC(c2ccccc2)=C1)c1ccccc1. The van der Waals surface area contributed by atoms with Crippen molar-refractivity contribution in [2.75, 3.05) is 0 Å². The second kappa shape index (κ2) is 6.73. The number of benzene rings is 2. The monoisotopic (exact) mass is 337 g/mol. The predicted octanol–water partition coefficient (Wildman–Crippen LogP) is 3.58. The van der Waals surface area contributed by atoms with E-state index in [1.54, 1.807) is 60.7 Å². The molecule has 0 spiro atoms. The molecule has 1 unspecified atom stereocenters. The van der Waals surface area contributed by atoms with Crippen LogP contribution in [0.1, 0.15) is 22.3 Å². The summed E-state index contributed by atoms with van der Waals surface area (Å²) in [6.45, 7) is 0. The minimum Gasteiger partial charge on any atom is -0.479 e. The lowest BCUT2D eigenvalue weighted by Crippen LogP contribution is -2.36. The molecule has 4 nitrogen and oxygen atoms in total. The number of aliphatic carboxylic acids is 1. The van der Waals surface area contributed by atoms with E-state index in [4.69, 9.17) is 0 Å². The Bertz CT molecular complexity index is 859. The predicted molar refractivity (Wildman–Crippen MR) is 92.5 cm³/mol. The quantitative estimate of drug-likeness (QED) is 0.896. The molecule has 1 aliphatic carbocycles. The van der Waals surface area contributed by atoms with E-state index in [1.807, 2.05) is 6.07 Å². The minimum atomic E-state index is -2.57. The molecule has 3 rings (SSSR count). The van der Waals surface area contributed by atoms with E-state index < -0.39 is 17.5 Å². The molecular formula is C20H16FNO3. The number of hydrogen-bond acceptors (Lipinski definition) is 2. The molecular weight excluding hydrogens is 321 g/mol. The van der Waals surface area contributed by atoms with Crippen LogP contribution in [0.4, 0.5) is 4.39 Å². The fourth-order valence-electron chi connectivity index (χ4n) is 2.70. The molecule has 0 heterocycles. The molecule has 0 aromatic heterocycles. The topological polar surface area (TPSA) is 66.4 Å². The first-order chi connectivity index (χ1) is 12.0. The highest BCUT2D eigenvalue weighted by molar-refractivity contribution is 5.96. The van der Waals surface area contributed by atoms with Gasteiger partial charge in [-0.15, -0.1) is 0 Å². The number of carboxylic acid groups (broad SMARTS) is 1. The number of nitrogens with one attached hydrogen (secondary N) is 1. The molecule has 2 N–H and O–H groups in total. The molecule has 0 saturated carbocycles. The van der Waals surface area contributed by atoms with Gasteiger partial charge in [0.1, 0.15) is 0 Å². The van der Waals surface area contributed by atoms with Crippen LogP contribution in [0.3, 0.4) is 0 Å². The average Bonchev–Trinajstić information content (AvgIpc) is 2.62. The van der Waals surface area contributed by atoms with Gasteiger partial charge in [0, 0.05) is 17.7 Å². The van der Waals surface area contributed by atoms with Gasteiger partial charge in [0.25, 0.3) is 5.91 Å². The van der Waals surface area contributed by atoms with Crippen LogP contribution < -0.4 is 5.32 Å². The Hall–Kier alpha value is -3.21. The van der Waals surface area contributed by atoms with Crippen molar-refractivity contribution in [3.8, 4) is 0 Å². The third-order valence-corrected chi connectivity index (χ3v) is 3.96. The molecule has 2 aromatic carbocycles. The van der Waals surface area contributed by atoms with Gasteiger partial charge in [0.05, 0.1) is 0 Å². The fraction of sp³-hybridized carbons (Fsp3) is 0.100. The largest absolute Gasteiger partial charge is 0.479 e. The van der Waals surface area contributed by atoms with Crippen molar-refractivity contribution in [2.45, 2.75) is 12.1 Å². The van der Waals surface area contributed by atoms with Crippen LogP contribution in [0.25, 0.3) is 5.57 Å². The summed E-state index contributed by atoms with van der Waals surface area (Å²) >= 11 is 0. The summed E-state index contributed by atoms with van der Waals surface area (Å²) in [5, 5.41) is 11.9. The Morgan fingerprint density at radius 3 is 2.20 bits per heavy atom. The van der Waals surface area contributed by atoms with Crippen LogP contribution in [0.2, 0.25) is 0 Å². The molecule has 1 amide bonds. The Labute approximate surface area is 144 Å². The van der Waals surface area contributed by atoms with Gasteiger partial charge >= 0.3 is 5.97 Å². The molecule has 5 heteroatoms. The van der Waals surface area contributed by atoms with Gasteiger partial charge in [-0.2, -0.15) is 0 Å². The normalized spacial score (nSPS) is 19.6. The van der Waals surface area contributed by atoms with Gasteiger partial charge < -0.3 is 10.4 Å². The lowest BCUT2D eigenvalue weighted by Gasteiger charge is -2.25. The van der Waals surface area contributed by atoms with Gasteiger partial charge in [-0.05, 0) is 35.4 Å². The fourth-order valence-corrected chi connectivity index (χ4v) is 2.70. The standard InChI is InChI=1S/C20H16FNO3/c21-20(19(24)25)12-16(14-7-3-1-4-8-14)11-17(13-20)22-18(23)15-9-5-2-6-10-15/h1-11,13H,12H2,(H,22,23)(H,24,25). The summed E-state index contributed by atoms with van der Waals surface area (Å²) < 4.78 is 14.9. The summed E-state index contributed by atoms with van der Waals surface area (Å²) in [4.78, 5) is 23.7. The first kappa shape index (κ1) is 16.6. The van der Waals surface area contributed by atoms with Gasteiger partial charge in [-0.25, -0.2) is 9.18 Å². The van der Waals surface area contributed by atoms with Crippen molar-refractivity contribution in [3.05, 3.63) is 89.6 Å². The van der Waals surface area contributed by atoms with Gasteiger partial charge in [0.15, 0.2) is 0 Å².